The van der Waals surface area contributed by atoms with Gasteiger partial charge >= 0.3 is 6.18 Å². The molecular formula is C26H23F4N5O3S. The number of nitrogens with one attached hydrogen (secondary N) is 2. The van der Waals surface area contributed by atoms with E-state index < -0.39 is 55.7 Å². The van der Waals surface area contributed by atoms with Crippen LogP contribution >= 0.6 is 0 Å². The highest BCUT2D eigenvalue weighted by Crippen LogP contribution is 2.46. The van der Waals surface area contributed by atoms with Gasteiger partial charge in [-0.3, -0.25) is 4.79 Å². The van der Waals surface area contributed by atoms with Gasteiger partial charge in [0.25, 0.3) is 11.8 Å². The number of carbonyl (C=O) groups is 1. The maximum atomic E-state index is 15.3. The lowest BCUT2D eigenvalue weighted by molar-refractivity contribution is -0.142. The Morgan fingerprint density at radius 3 is 2.44 bits per heavy atom. The molecular weight excluding hydrogens is 538 g/mol. The third-order valence-corrected chi connectivity index (χ3v) is 7.86. The number of aromatic nitrogens is 2. The van der Waals surface area contributed by atoms with Crippen LogP contribution in [0.4, 0.5) is 23.2 Å². The van der Waals surface area contributed by atoms with Crippen LogP contribution in [0, 0.1) is 35.8 Å². The molecule has 0 aliphatic heterocycles. The first-order valence-corrected chi connectivity index (χ1v) is 13.6. The van der Waals surface area contributed by atoms with Crippen molar-refractivity contribution in [1.82, 2.24) is 10.2 Å². The van der Waals surface area contributed by atoms with E-state index >= 15 is 4.39 Å². The van der Waals surface area contributed by atoms with Gasteiger partial charge in [-0.05, 0) is 62.9 Å². The normalized spacial score (nSPS) is 15.9. The zero-order chi connectivity index (χ0) is 28.8. The number of nitriles is 1. The number of anilines is 1. The summed E-state index contributed by atoms with van der Waals surface area (Å²) in [5, 5.41) is 18.7. The SMILES string of the molecule is Cc1c(Oc2nnc(C(F)(F)F)c(C)c2C(=O)Nc2cccc(S(C)(=N)=O)c2)ccc(C2(C#N)CCC2)c1F. The molecule has 4 rings (SSSR count). The molecule has 1 aliphatic rings. The van der Waals surface area contributed by atoms with Crippen LogP contribution < -0.4 is 10.1 Å². The predicted octanol–water partition coefficient (Wildman–Crippen LogP) is 6.28. The Balaban J connectivity index is 1.76. The van der Waals surface area contributed by atoms with Gasteiger partial charge in [-0.2, -0.15) is 18.4 Å². The molecule has 204 valence electrons. The van der Waals surface area contributed by atoms with E-state index in [9.17, 15) is 27.4 Å². The van der Waals surface area contributed by atoms with Crippen molar-refractivity contribution in [2.75, 3.05) is 11.6 Å². The molecule has 1 atom stereocenters. The highest BCUT2D eigenvalue weighted by Gasteiger charge is 2.42. The average molecular weight is 562 g/mol. The van der Waals surface area contributed by atoms with Crippen molar-refractivity contribution in [1.29, 1.82) is 10.0 Å². The van der Waals surface area contributed by atoms with Crippen molar-refractivity contribution in [3.63, 3.8) is 0 Å². The monoisotopic (exact) mass is 561 g/mol. The van der Waals surface area contributed by atoms with Crippen LogP contribution in [-0.2, 0) is 21.3 Å². The lowest BCUT2D eigenvalue weighted by Crippen LogP contribution is -2.33. The average Bonchev–Trinajstić information content (AvgIpc) is 2.81. The Kier molecular flexibility index (Phi) is 7.12. The van der Waals surface area contributed by atoms with Crippen molar-refractivity contribution in [3.8, 4) is 17.7 Å². The molecule has 2 N–H and O–H groups in total. The summed E-state index contributed by atoms with van der Waals surface area (Å²) < 4.78 is 81.6. The number of rotatable bonds is 6. The van der Waals surface area contributed by atoms with Crippen molar-refractivity contribution in [3.05, 3.63) is 70.2 Å². The van der Waals surface area contributed by atoms with Gasteiger partial charge in [0, 0.05) is 28.0 Å². The molecule has 1 aliphatic carbocycles. The van der Waals surface area contributed by atoms with Gasteiger partial charge in [0.1, 0.15) is 17.1 Å². The summed E-state index contributed by atoms with van der Waals surface area (Å²) in [6.45, 7) is 2.42. The van der Waals surface area contributed by atoms with E-state index in [-0.39, 0.29) is 27.5 Å². The molecule has 1 amide bonds. The molecule has 13 heteroatoms. The Hall–Kier alpha value is -4.05. The number of nitrogens with zero attached hydrogens (tertiary/aromatic N) is 3. The highest BCUT2D eigenvalue weighted by atomic mass is 32.2. The number of ether oxygens (including phenoxy) is 1. The lowest BCUT2D eigenvalue weighted by atomic mass is 9.65. The minimum Gasteiger partial charge on any atom is -0.437 e. The summed E-state index contributed by atoms with van der Waals surface area (Å²) in [5.74, 6) is -2.44. The Morgan fingerprint density at radius 1 is 1.18 bits per heavy atom. The van der Waals surface area contributed by atoms with Gasteiger partial charge in [-0.1, -0.05) is 12.1 Å². The van der Waals surface area contributed by atoms with E-state index in [1.807, 2.05) is 0 Å². The minimum atomic E-state index is -4.93. The maximum absolute atomic E-state index is 15.3. The molecule has 0 bridgehead atoms. The first-order valence-electron chi connectivity index (χ1n) is 11.7. The number of hydrogen-bond acceptors (Lipinski definition) is 7. The molecule has 8 nitrogen and oxygen atoms in total. The molecule has 1 fully saturated rings. The number of hydrogen-bond donors (Lipinski definition) is 2. The van der Waals surface area contributed by atoms with E-state index in [1.54, 1.807) is 0 Å². The molecule has 2 aromatic carbocycles. The molecule has 0 saturated heterocycles. The Labute approximate surface area is 222 Å². The quantitative estimate of drug-likeness (QED) is 0.341. The van der Waals surface area contributed by atoms with E-state index in [2.05, 4.69) is 21.6 Å². The number of alkyl halides is 3. The Bertz CT molecular complexity index is 1630. The largest absolute Gasteiger partial charge is 0.437 e. The fourth-order valence-electron chi connectivity index (χ4n) is 4.34. The van der Waals surface area contributed by atoms with Crippen LogP contribution in [0.5, 0.6) is 11.6 Å². The van der Waals surface area contributed by atoms with Crippen LogP contribution in [0.15, 0.2) is 41.3 Å². The summed E-state index contributed by atoms with van der Waals surface area (Å²) in [6.07, 6.45) is -1.96. The molecule has 1 unspecified atom stereocenters. The number of amides is 1. The second kappa shape index (κ2) is 9.92. The smallest absolute Gasteiger partial charge is 0.435 e. The minimum absolute atomic E-state index is 0.0133. The second-order valence-corrected chi connectivity index (χ2v) is 11.5. The van der Waals surface area contributed by atoms with E-state index in [1.165, 1.54) is 49.6 Å². The number of benzene rings is 2. The first kappa shape index (κ1) is 28.0. The third kappa shape index (κ3) is 5.29. The maximum Gasteiger partial charge on any atom is 0.435 e. The molecule has 0 radical (unpaired) electrons. The summed E-state index contributed by atoms with van der Waals surface area (Å²) in [5.41, 5.74) is -3.26. The van der Waals surface area contributed by atoms with Gasteiger partial charge in [0.2, 0.25) is 0 Å². The number of carbonyl (C=O) groups excluding carboxylic acids is 1. The molecule has 0 spiro atoms. The van der Waals surface area contributed by atoms with E-state index in [4.69, 9.17) is 9.52 Å². The summed E-state index contributed by atoms with van der Waals surface area (Å²) in [6, 6.07) is 10.5. The van der Waals surface area contributed by atoms with Crippen LogP contribution in [0.2, 0.25) is 0 Å². The molecule has 1 aromatic heterocycles. The van der Waals surface area contributed by atoms with Crippen LogP contribution in [0.1, 0.15) is 52.0 Å². The zero-order valence-electron chi connectivity index (χ0n) is 21.1. The summed E-state index contributed by atoms with van der Waals surface area (Å²) >= 11 is 0. The first-order chi connectivity index (χ1) is 18.2. The molecule has 1 heterocycles. The van der Waals surface area contributed by atoms with Gasteiger partial charge in [-0.15, -0.1) is 10.2 Å². The fraction of sp³-hybridized carbons (Fsp3) is 0.308. The molecule has 3 aromatic rings. The molecule has 39 heavy (non-hydrogen) atoms. The van der Waals surface area contributed by atoms with Crippen molar-refractivity contribution in [2.24, 2.45) is 0 Å². The Morgan fingerprint density at radius 2 is 1.87 bits per heavy atom. The fourth-order valence-corrected chi connectivity index (χ4v) is 5.03. The highest BCUT2D eigenvalue weighted by molar-refractivity contribution is 7.91. The number of halogens is 4. The van der Waals surface area contributed by atoms with Gasteiger partial charge in [-0.25, -0.2) is 13.4 Å². The van der Waals surface area contributed by atoms with Crippen molar-refractivity contribution >= 4 is 21.3 Å². The van der Waals surface area contributed by atoms with E-state index in [0.29, 0.717) is 12.8 Å². The van der Waals surface area contributed by atoms with Crippen LogP contribution in [0.25, 0.3) is 0 Å². The topological polar surface area (TPSA) is 129 Å². The van der Waals surface area contributed by atoms with Crippen LogP contribution in [0.3, 0.4) is 0 Å². The van der Waals surface area contributed by atoms with Crippen molar-refractivity contribution < 1.29 is 31.3 Å². The summed E-state index contributed by atoms with van der Waals surface area (Å²) in [4.78, 5) is 13.4. The predicted molar refractivity (Wildman–Crippen MR) is 134 cm³/mol. The van der Waals surface area contributed by atoms with Gasteiger partial charge in [0.15, 0.2) is 5.69 Å². The zero-order valence-corrected chi connectivity index (χ0v) is 21.9. The van der Waals surface area contributed by atoms with E-state index in [0.717, 1.165) is 13.3 Å². The molecule has 1 saturated carbocycles. The van der Waals surface area contributed by atoms with Gasteiger partial charge in [0.05, 0.1) is 21.2 Å². The standard InChI is InChI=1S/C26H23F4N5O3S/c1-14-19(9-8-18(21(14)27)25(13-31)10-5-11-25)38-24-20(15(2)22(34-35-24)26(28,29)30)23(36)33-16-6-4-7-17(12-16)39(3,32)37/h4,6-9,12,32H,5,10-11H2,1-3H3,(H,33,36). The third-order valence-electron chi connectivity index (χ3n) is 6.70. The van der Waals surface area contributed by atoms with Crippen LogP contribution in [-0.4, -0.2) is 26.6 Å². The lowest BCUT2D eigenvalue weighted by Gasteiger charge is -2.36. The van der Waals surface area contributed by atoms with Crippen molar-refractivity contribution in [2.45, 2.75) is 49.6 Å². The second-order valence-electron chi connectivity index (χ2n) is 9.38. The summed E-state index contributed by atoms with van der Waals surface area (Å²) in [7, 11) is -3.13. The van der Waals surface area contributed by atoms with Gasteiger partial charge < -0.3 is 10.1 Å².